The molecule has 2 N–H and O–H groups in total. The van der Waals surface area contributed by atoms with Crippen LogP contribution in [0, 0.1) is 5.82 Å². The zero-order valence-electron chi connectivity index (χ0n) is 12.4. The normalized spacial score (nSPS) is 10.5. The van der Waals surface area contributed by atoms with E-state index in [9.17, 15) is 9.18 Å². The standard InChI is InChI=1S/C16H19FN2O3/c1-2-18-9-10-19-16(20)15-8-7-14(22-15)11-21-13-5-3-12(17)4-6-13/h3-8,18H,2,9-11H2,1H3,(H,19,20). The maximum atomic E-state index is 12.8. The number of amides is 1. The molecule has 118 valence electrons. The molecule has 0 spiro atoms. The third-order valence-electron chi connectivity index (χ3n) is 2.92. The van der Waals surface area contributed by atoms with Gasteiger partial charge in [0.05, 0.1) is 0 Å². The molecule has 0 aliphatic carbocycles. The highest BCUT2D eigenvalue weighted by molar-refractivity contribution is 5.91. The first-order chi connectivity index (χ1) is 10.7. The van der Waals surface area contributed by atoms with Crippen LogP contribution in [0.25, 0.3) is 0 Å². The Morgan fingerprint density at radius 3 is 2.68 bits per heavy atom. The zero-order chi connectivity index (χ0) is 15.8. The van der Waals surface area contributed by atoms with Crippen LogP contribution in [0.2, 0.25) is 0 Å². The van der Waals surface area contributed by atoms with E-state index in [2.05, 4.69) is 10.6 Å². The summed E-state index contributed by atoms with van der Waals surface area (Å²) in [6.45, 7) is 4.29. The Labute approximate surface area is 128 Å². The fraction of sp³-hybridized carbons (Fsp3) is 0.312. The predicted octanol–water partition coefficient (Wildman–Crippen LogP) is 2.34. The van der Waals surface area contributed by atoms with Crippen molar-refractivity contribution < 1.29 is 18.3 Å². The van der Waals surface area contributed by atoms with E-state index < -0.39 is 0 Å². The van der Waals surface area contributed by atoms with Crippen LogP contribution in [-0.2, 0) is 6.61 Å². The fourth-order valence-electron chi connectivity index (χ4n) is 1.79. The van der Waals surface area contributed by atoms with E-state index in [1.54, 1.807) is 12.1 Å². The van der Waals surface area contributed by atoms with Crippen LogP contribution in [-0.4, -0.2) is 25.5 Å². The molecule has 1 amide bonds. The topological polar surface area (TPSA) is 63.5 Å². The van der Waals surface area contributed by atoms with Gasteiger partial charge in [-0.3, -0.25) is 4.79 Å². The number of ether oxygens (including phenoxy) is 1. The van der Waals surface area contributed by atoms with Gasteiger partial charge in [0.25, 0.3) is 5.91 Å². The van der Waals surface area contributed by atoms with E-state index >= 15 is 0 Å². The maximum absolute atomic E-state index is 12.8. The minimum Gasteiger partial charge on any atom is -0.486 e. The average molecular weight is 306 g/mol. The van der Waals surface area contributed by atoms with E-state index in [1.165, 1.54) is 24.3 Å². The molecule has 2 rings (SSSR count). The second-order valence-corrected chi connectivity index (χ2v) is 4.62. The van der Waals surface area contributed by atoms with Crippen LogP contribution in [0.15, 0.2) is 40.8 Å². The minimum absolute atomic E-state index is 0.177. The number of rotatable bonds is 8. The number of carbonyl (C=O) groups excluding carboxylic acids is 1. The highest BCUT2D eigenvalue weighted by Gasteiger charge is 2.10. The van der Waals surface area contributed by atoms with E-state index in [1.807, 2.05) is 6.92 Å². The minimum atomic E-state index is -0.318. The Morgan fingerprint density at radius 2 is 1.95 bits per heavy atom. The molecule has 0 atom stereocenters. The lowest BCUT2D eigenvalue weighted by Crippen LogP contribution is -2.31. The number of hydrogen-bond donors (Lipinski definition) is 2. The summed E-state index contributed by atoms with van der Waals surface area (Å²) in [6, 6.07) is 9.00. The quantitative estimate of drug-likeness (QED) is 0.735. The second-order valence-electron chi connectivity index (χ2n) is 4.62. The number of benzene rings is 1. The lowest BCUT2D eigenvalue weighted by Gasteiger charge is -2.04. The average Bonchev–Trinajstić information content (AvgIpc) is 3.00. The molecular weight excluding hydrogens is 287 g/mol. The third kappa shape index (κ3) is 4.89. The first-order valence-electron chi connectivity index (χ1n) is 7.15. The van der Waals surface area contributed by atoms with Crippen molar-refractivity contribution in [3.8, 4) is 5.75 Å². The van der Waals surface area contributed by atoms with Gasteiger partial charge in [-0.1, -0.05) is 6.92 Å². The van der Waals surface area contributed by atoms with Crippen molar-refractivity contribution in [1.29, 1.82) is 0 Å². The van der Waals surface area contributed by atoms with Gasteiger partial charge in [-0.25, -0.2) is 4.39 Å². The Morgan fingerprint density at radius 1 is 1.18 bits per heavy atom. The Kier molecular flexibility index (Phi) is 5.97. The predicted molar refractivity (Wildman–Crippen MR) is 80.3 cm³/mol. The van der Waals surface area contributed by atoms with E-state index in [0.717, 1.165) is 6.54 Å². The van der Waals surface area contributed by atoms with Crippen LogP contribution in [0.5, 0.6) is 5.75 Å². The number of likely N-dealkylation sites (N-methyl/N-ethyl adjacent to an activating group) is 1. The van der Waals surface area contributed by atoms with Gasteiger partial charge in [0.15, 0.2) is 5.76 Å². The summed E-state index contributed by atoms with van der Waals surface area (Å²) in [4.78, 5) is 11.8. The van der Waals surface area contributed by atoms with Gasteiger partial charge in [-0.2, -0.15) is 0 Å². The van der Waals surface area contributed by atoms with Crippen molar-refractivity contribution in [2.75, 3.05) is 19.6 Å². The Hall–Kier alpha value is -2.34. The monoisotopic (exact) mass is 306 g/mol. The van der Waals surface area contributed by atoms with Gasteiger partial charge in [-0.15, -0.1) is 0 Å². The SMILES string of the molecule is CCNCCNC(=O)c1ccc(COc2ccc(F)cc2)o1. The summed E-state index contributed by atoms with van der Waals surface area (Å²) in [5.41, 5.74) is 0. The molecule has 0 aliphatic heterocycles. The molecule has 0 unspecified atom stereocenters. The highest BCUT2D eigenvalue weighted by atomic mass is 19.1. The van der Waals surface area contributed by atoms with Crippen molar-refractivity contribution in [3.05, 3.63) is 53.7 Å². The summed E-state index contributed by atoms with van der Waals surface area (Å²) in [6.07, 6.45) is 0. The van der Waals surface area contributed by atoms with Gasteiger partial charge in [0, 0.05) is 13.1 Å². The zero-order valence-corrected chi connectivity index (χ0v) is 12.4. The summed E-state index contributed by atoms with van der Waals surface area (Å²) < 4.78 is 23.6. The number of carbonyl (C=O) groups is 1. The van der Waals surface area contributed by atoms with Crippen molar-refractivity contribution >= 4 is 5.91 Å². The summed E-state index contributed by atoms with van der Waals surface area (Å²) in [7, 11) is 0. The van der Waals surface area contributed by atoms with Gasteiger partial charge in [0.2, 0.25) is 0 Å². The molecule has 0 saturated heterocycles. The van der Waals surface area contributed by atoms with E-state index in [4.69, 9.17) is 9.15 Å². The lowest BCUT2D eigenvalue weighted by molar-refractivity contribution is 0.0922. The van der Waals surface area contributed by atoms with Crippen molar-refractivity contribution in [2.24, 2.45) is 0 Å². The van der Waals surface area contributed by atoms with Gasteiger partial charge >= 0.3 is 0 Å². The molecular formula is C16H19FN2O3. The fourth-order valence-corrected chi connectivity index (χ4v) is 1.79. The molecule has 0 bridgehead atoms. The first kappa shape index (κ1) is 16.0. The molecule has 0 saturated carbocycles. The number of halogens is 1. The Bertz CT molecular complexity index is 596. The molecule has 1 heterocycles. The lowest BCUT2D eigenvalue weighted by atomic mass is 10.3. The summed E-state index contributed by atoms with van der Waals surface area (Å²) in [5.74, 6) is 0.734. The van der Waals surface area contributed by atoms with Crippen molar-refractivity contribution in [3.63, 3.8) is 0 Å². The van der Waals surface area contributed by atoms with Crippen molar-refractivity contribution in [1.82, 2.24) is 10.6 Å². The van der Waals surface area contributed by atoms with Crippen LogP contribution in [0.3, 0.4) is 0 Å². The molecule has 5 nitrogen and oxygen atoms in total. The summed E-state index contributed by atoms with van der Waals surface area (Å²) in [5, 5.41) is 5.86. The third-order valence-corrected chi connectivity index (χ3v) is 2.92. The molecule has 1 aromatic heterocycles. The first-order valence-corrected chi connectivity index (χ1v) is 7.15. The second kappa shape index (κ2) is 8.19. The molecule has 6 heteroatoms. The van der Waals surface area contributed by atoms with E-state index in [-0.39, 0.29) is 24.1 Å². The van der Waals surface area contributed by atoms with Crippen LogP contribution in [0.1, 0.15) is 23.2 Å². The molecule has 2 aromatic rings. The van der Waals surface area contributed by atoms with Crippen LogP contribution >= 0.6 is 0 Å². The highest BCUT2D eigenvalue weighted by Crippen LogP contribution is 2.15. The number of furan rings is 1. The van der Waals surface area contributed by atoms with E-state index in [0.29, 0.717) is 24.6 Å². The largest absolute Gasteiger partial charge is 0.486 e. The smallest absolute Gasteiger partial charge is 0.287 e. The van der Waals surface area contributed by atoms with Crippen LogP contribution < -0.4 is 15.4 Å². The number of nitrogens with one attached hydrogen (secondary N) is 2. The molecule has 22 heavy (non-hydrogen) atoms. The molecule has 0 radical (unpaired) electrons. The van der Waals surface area contributed by atoms with Gasteiger partial charge < -0.3 is 19.8 Å². The summed E-state index contributed by atoms with van der Waals surface area (Å²) >= 11 is 0. The van der Waals surface area contributed by atoms with Crippen molar-refractivity contribution in [2.45, 2.75) is 13.5 Å². The molecule has 1 aromatic carbocycles. The molecule has 0 fully saturated rings. The Balaban J connectivity index is 1.80. The van der Waals surface area contributed by atoms with Crippen LogP contribution in [0.4, 0.5) is 4.39 Å². The van der Waals surface area contributed by atoms with Gasteiger partial charge in [-0.05, 0) is 42.9 Å². The maximum Gasteiger partial charge on any atom is 0.287 e. The number of hydrogen-bond acceptors (Lipinski definition) is 4. The van der Waals surface area contributed by atoms with Gasteiger partial charge in [0.1, 0.15) is 23.9 Å². The molecule has 0 aliphatic rings.